The molecule has 0 fully saturated rings. The van der Waals surface area contributed by atoms with Crippen molar-refractivity contribution in [3.8, 4) is 11.8 Å². The van der Waals surface area contributed by atoms with E-state index in [0.717, 1.165) is 17.0 Å². The Morgan fingerprint density at radius 2 is 1.93 bits per heavy atom. The molecule has 140 valence electrons. The van der Waals surface area contributed by atoms with Gasteiger partial charge in [0.25, 0.3) is 5.91 Å². The molecule has 1 aromatic heterocycles. The van der Waals surface area contributed by atoms with Gasteiger partial charge in [0.2, 0.25) is 0 Å². The number of hydrogen-bond acceptors (Lipinski definition) is 6. The third kappa shape index (κ3) is 5.05. The van der Waals surface area contributed by atoms with Crippen molar-refractivity contribution in [3.63, 3.8) is 0 Å². The van der Waals surface area contributed by atoms with E-state index < -0.39 is 0 Å². The van der Waals surface area contributed by atoms with E-state index in [1.807, 2.05) is 24.3 Å². The van der Waals surface area contributed by atoms with Crippen LogP contribution >= 0.6 is 0 Å². The van der Waals surface area contributed by atoms with Crippen molar-refractivity contribution < 1.29 is 9.53 Å². The van der Waals surface area contributed by atoms with Gasteiger partial charge >= 0.3 is 0 Å². The molecular weight excluding hydrogens is 354 g/mol. The highest BCUT2D eigenvalue weighted by atomic mass is 16.5. The van der Waals surface area contributed by atoms with Crippen LogP contribution in [0.2, 0.25) is 0 Å². The molecule has 0 radical (unpaired) electrons. The number of carbonyl (C=O) groups is 1. The summed E-state index contributed by atoms with van der Waals surface area (Å²) in [5, 5.41) is 22.7. The number of aromatic nitrogens is 2. The van der Waals surface area contributed by atoms with E-state index in [2.05, 4.69) is 26.9 Å². The summed E-state index contributed by atoms with van der Waals surface area (Å²) in [6.07, 6.45) is 0.689. The Morgan fingerprint density at radius 1 is 1.11 bits per heavy atom. The van der Waals surface area contributed by atoms with Gasteiger partial charge in [-0.3, -0.25) is 4.79 Å². The summed E-state index contributed by atoms with van der Waals surface area (Å²) in [4.78, 5) is 12.2. The average Bonchev–Trinajstić information content (AvgIpc) is 2.75. The smallest absolute Gasteiger partial charge is 0.271 e. The first-order valence-electron chi connectivity index (χ1n) is 8.70. The molecular formula is C21H19N5O2. The van der Waals surface area contributed by atoms with E-state index in [1.54, 1.807) is 43.5 Å². The summed E-state index contributed by atoms with van der Waals surface area (Å²) in [7, 11) is 1.62. The van der Waals surface area contributed by atoms with Gasteiger partial charge in [-0.25, -0.2) is 0 Å². The standard InChI is InChI=1S/C21H19N5O2/c1-28-18-4-2-3-15(13-18)11-12-23-21(27)19-9-10-20(26-25-19)24-17-7-5-16(14-22)6-8-17/h2-10,13H,11-12H2,1H3,(H,23,27)(H,24,26). The van der Waals surface area contributed by atoms with Gasteiger partial charge in [0, 0.05) is 12.2 Å². The molecule has 3 rings (SSSR count). The molecule has 0 aliphatic heterocycles. The maximum atomic E-state index is 12.2. The lowest BCUT2D eigenvalue weighted by atomic mass is 10.1. The van der Waals surface area contributed by atoms with Crippen LogP contribution in [0.15, 0.2) is 60.7 Å². The SMILES string of the molecule is COc1cccc(CCNC(=O)c2ccc(Nc3ccc(C#N)cc3)nn2)c1. The minimum atomic E-state index is -0.277. The monoisotopic (exact) mass is 373 g/mol. The van der Waals surface area contributed by atoms with E-state index in [1.165, 1.54) is 0 Å². The molecule has 0 saturated carbocycles. The predicted molar refractivity (Wildman–Crippen MR) is 106 cm³/mol. The maximum Gasteiger partial charge on any atom is 0.271 e. The van der Waals surface area contributed by atoms with Crippen LogP contribution < -0.4 is 15.4 Å². The molecule has 28 heavy (non-hydrogen) atoms. The molecule has 0 atom stereocenters. The van der Waals surface area contributed by atoms with Gasteiger partial charge in [0.05, 0.1) is 18.7 Å². The Balaban J connectivity index is 1.52. The van der Waals surface area contributed by atoms with Crippen molar-refractivity contribution in [1.29, 1.82) is 5.26 Å². The van der Waals surface area contributed by atoms with Gasteiger partial charge in [0.15, 0.2) is 11.5 Å². The molecule has 2 aromatic carbocycles. The van der Waals surface area contributed by atoms with E-state index in [-0.39, 0.29) is 11.6 Å². The van der Waals surface area contributed by atoms with Crippen LogP contribution in [0.1, 0.15) is 21.6 Å². The summed E-state index contributed by atoms with van der Waals surface area (Å²) in [5.41, 5.74) is 2.69. The fourth-order valence-corrected chi connectivity index (χ4v) is 2.53. The summed E-state index contributed by atoms with van der Waals surface area (Å²) < 4.78 is 5.19. The lowest BCUT2D eigenvalue weighted by Gasteiger charge is -2.07. The fourth-order valence-electron chi connectivity index (χ4n) is 2.53. The number of amides is 1. The molecule has 0 spiro atoms. The molecule has 0 saturated heterocycles. The molecule has 1 amide bonds. The third-order valence-corrected chi connectivity index (χ3v) is 4.02. The Labute approximate surface area is 163 Å². The maximum absolute atomic E-state index is 12.2. The second-order valence-corrected chi connectivity index (χ2v) is 5.98. The molecule has 0 unspecified atom stereocenters. The lowest BCUT2D eigenvalue weighted by molar-refractivity contribution is 0.0948. The minimum absolute atomic E-state index is 0.246. The van der Waals surface area contributed by atoms with Crippen molar-refractivity contribution in [3.05, 3.63) is 77.5 Å². The number of nitrogens with one attached hydrogen (secondary N) is 2. The number of hydrogen-bond donors (Lipinski definition) is 2. The van der Waals surface area contributed by atoms with E-state index in [4.69, 9.17) is 10.00 Å². The molecule has 0 aliphatic carbocycles. The summed E-state index contributed by atoms with van der Waals surface area (Å²) in [6.45, 7) is 0.485. The van der Waals surface area contributed by atoms with Crippen molar-refractivity contribution >= 4 is 17.4 Å². The Morgan fingerprint density at radius 3 is 2.61 bits per heavy atom. The van der Waals surface area contributed by atoms with E-state index >= 15 is 0 Å². The number of ether oxygens (including phenoxy) is 1. The zero-order chi connectivity index (χ0) is 19.8. The first-order chi connectivity index (χ1) is 13.7. The largest absolute Gasteiger partial charge is 0.497 e. The molecule has 7 nitrogen and oxygen atoms in total. The number of nitrogens with zero attached hydrogens (tertiary/aromatic N) is 3. The molecule has 7 heteroatoms. The first kappa shape index (κ1) is 18.9. The van der Waals surface area contributed by atoms with E-state index in [9.17, 15) is 4.79 Å². The molecule has 0 bridgehead atoms. The first-order valence-corrected chi connectivity index (χ1v) is 8.70. The Hall–Kier alpha value is -3.92. The van der Waals surface area contributed by atoms with Crippen LogP contribution in [0, 0.1) is 11.3 Å². The topological polar surface area (TPSA) is 99.9 Å². The van der Waals surface area contributed by atoms with Crippen LogP contribution in [-0.4, -0.2) is 29.8 Å². The Bertz CT molecular complexity index is 979. The average molecular weight is 373 g/mol. The van der Waals surface area contributed by atoms with Gasteiger partial charge in [-0.1, -0.05) is 12.1 Å². The van der Waals surface area contributed by atoms with Crippen LogP contribution in [0.25, 0.3) is 0 Å². The highest BCUT2D eigenvalue weighted by molar-refractivity contribution is 5.92. The number of anilines is 2. The van der Waals surface area contributed by atoms with Crippen molar-refractivity contribution in [1.82, 2.24) is 15.5 Å². The minimum Gasteiger partial charge on any atom is -0.497 e. The van der Waals surface area contributed by atoms with Gasteiger partial charge in [-0.2, -0.15) is 5.26 Å². The molecule has 1 heterocycles. The highest BCUT2D eigenvalue weighted by Crippen LogP contribution is 2.15. The fraction of sp³-hybridized carbons (Fsp3) is 0.143. The van der Waals surface area contributed by atoms with Crippen molar-refractivity contribution in [2.24, 2.45) is 0 Å². The van der Waals surface area contributed by atoms with Gasteiger partial charge in [0.1, 0.15) is 5.75 Å². The summed E-state index contributed by atoms with van der Waals surface area (Å²) >= 11 is 0. The molecule has 2 N–H and O–H groups in total. The summed E-state index contributed by atoms with van der Waals surface area (Å²) in [6, 6.07) is 20.1. The normalized spacial score (nSPS) is 10.0. The number of nitriles is 1. The molecule has 0 aliphatic rings. The third-order valence-electron chi connectivity index (χ3n) is 4.02. The Kier molecular flexibility index (Phi) is 6.16. The van der Waals surface area contributed by atoms with Gasteiger partial charge in [-0.15, -0.1) is 10.2 Å². The number of methoxy groups -OCH3 is 1. The number of rotatable bonds is 7. The van der Waals surface area contributed by atoms with Crippen molar-refractivity contribution in [2.75, 3.05) is 19.0 Å². The van der Waals surface area contributed by atoms with Gasteiger partial charge in [-0.05, 0) is 60.5 Å². The zero-order valence-corrected chi connectivity index (χ0v) is 15.3. The van der Waals surface area contributed by atoms with E-state index in [0.29, 0.717) is 24.3 Å². The van der Waals surface area contributed by atoms with Crippen LogP contribution in [0.3, 0.4) is 0 Å². The second kappa shape index (κ2) is 9.14. The number of carbonyl (C=O) groups excluding carboxylic acids is 1. The second-order valence-electron chi connectivity index (χ2n) is 5.98. The van der Waals surface area contributed by atoms with Crippen molar-refractivity contribution in [2.45, 2.75) is 6.42 Å². The quantitative estimate of drug-likeness (QED) is 0.660. The number of benzene rings is 2. The van der Waals surface area contributed by atoms with Crippen LogP contribution in [0.4, 0.5) is 11.5 Å². The van der Waals surface area contributed by atoms with Crippen LogP contribution in [-0.2, 0) is 6.42 Å². The predicted octanol–water partition coefficient (Wildman–Crippen LogP) is 3.07. The summed E-state index contributed by atoms with van der Waals surface area (Å²) in [5.74, 6) is 1.03. The zero-order valence-electron chi connectivity index (χ0n) is 15.3. The lowest BCUT2D eigenvalue weighted by Crippen LogP contribution is -2.26. The van der Waals surface area contributed by atoms with Gasteiger partial charge < -0.3 is 15.4 Å². The molecule has 3 aromatic rings. The van der Waals surface area contributed by atoms with Crippen LogP contribution in [0.5, 0.6) is 5.75 Å². The highest BCUT2D eigenvalue weighted by Gasteiger charge is 2.08.